The molecule has 0 saturated carbocycles. The minimum atomic E-state index is -3.79. The Bertz CT molecular complexity index is 684. The molecule has 1 N–H and O–H groups in total. The van der Waals surface area contributed by atoms with Crippen LogP contribution in [0.15, 0.2) is 23.1 Å². The average molecular weight is 341 g/mol. The van der Waals surface area contributed by atoms with E-state index in [0.29, 0.717) is 18.5 Å². The van der Waals surface area contributed by atoms with Crippen LogP contribution in [0.25, 0.3) is 0 Å². The van der Waals surface area contributed by atoms with Gasteiger partial charge in [-0.25, -0.2) is 13.2 Å². The summed E-state index contributed by atoms with van der Waals surface area (Å²) in [6.07, 6.45) is 1.54. The van der Waals surface area contributed by atoms with Gasteiger partial charge in [0.05, 0.1) is 29.7 Å². The molecule has 0 aliphatic carbocycles. The smallest absolute Gasteiger partial charge is 0.337 e. The summed E-state index contributed by atoms with van der Waals surface area (Å²) in [6, 6.07) is 4.06. The molecular weight excluding hydrogens is 318 g/mol. The van der Waals surface area contributed by atoms with Crippen molar-refractivity contribution in [3.8, 4) is 0 Å². The Labute approximate surface area is 137 Å². The zero-order valence-electron chi connectivity index (χ0n) is 13.7. The maximum Gasteiger partial charge on any atom is 0.337 e. The highest BCUT2D eigenvalue weighted by Crippen LogP contribution is 2.29. The molecule has 0 aromatic heterocycles. The van der Waals surface area contributed by atoms with Crippen molar-refractivity contribution in [2.75, 3.05) is 13.7 Å². The Morgan fingerprint density at radius 2 is 2.09 bits per heavy atom. The number of carbonyl (C=O) groups is 1. The van der Waals surface area contributed by atoms with Gasteiger partial charge in [0, 0.05) is 6.54 Å². The zero-order chi connectivity index (χ0) is 17.2. The number of nitrogens with zero attached hydrogens (tertiary/aromatic N) is 1. The van der Waals surface area contributed by atoms with E-state index in [1.165, 1.54) is 17.5 Å². The second-order valence-electron chi connectivity index (χ2n) is 5.89. The quantitative estimate of drug-likeness (QED) is 0.843. The normalized spacial score (nSPS) is 21.0. The third-order valence-electron chi connectivity index (χ3n) is 4.25. The number of esters is 1. The average Bonchev–Trinajstić information content (AvgIpc) is 2.54. The van der Waals surface area contributed by atoms with Crippen LogP contribution in [0.1, 0.15) is 42.1 Å². The number of carbonyl (C=O) groups excluding carboxylic acids is 1. The Kier molecular flexibility index (Phi) is 5.44. The topological polar surface area (TPSA) is 83.9 Å². The zero-order valence-corrected chi connectivity index (χ0v) is 14.5. The van der Waals surface area contributed by atoms with Crippen LogP contribution in [0.5, 0.6) is 0 Å². The maximum atomic E-state index is 13.0. The van der Waals surface area contributed by atoms with Crippen molar-refractivity contribution in [1.82, 2.24) is 4.31 Å². The molecule has 1 aliphatic rings. The van der Waals surface area contributed by atoms with Crippen LogP contribution < -0.4 is 0 Å². The standard InChI is InChI=1S/C16H23NO5S/c1-11-7-8-13(16(19)22-3)10-15(11)23(20,21)17-9-5-4-6-14(17)12(2)18/h7-8,10,12,14,18H,4-6,9H2,1-3H3/t12-,14-/m1/s1. The number of sulfonamides is 1. The Morgan fingerprint density at radius 1 is 1.39 bits per heavy atom. The fourth-order valence-electron chi connectivity index (χ4n) is 2.96. The maximum absolute atomic E-state index is 13.0. The number of piperidine rings is 1. The van der Waals surface area contributed by atoms with Gasteiger partial charge in [-0.1, -0.05) is 12.5 Å². The number of methoxy groups -OCH3 is 1. The largest absolute Gasteiger partial charge is 0.465 e. The monoisotopic (exact) mass is 341 g/mol. The van der Waals surface area contributed by atoms with E-state index in [1.807, 2.05) is 0 Å². The first-order chi connectivity index (χ1) is 10.8. The third-order valence-corrected chi connectivity index (χ3v) is 6.32. The summed E-state index contributed by atoms with van der Waals surface area (Å²) in [4.78, 5) is 11.8. The Balaban J connectivity index is 2.48. The number of aryl methyl sites for hydroxylation is 1. The number of ether oxygens (including phenoxy) is 1. The van der Waals surface area contributed by atoms with E-state index in [1.54, 1.807) is 26.0 Å². The van der Waals surface area contributed by atoms with Crippen LogP contribution >= 0.6 is 0 Å². The summed E-state index contributed by atoms with van der Waals surface area (Å²) in [5.41, 5.74) is 0.759. The summed E-state index contributed by atoms with van der Waals surface area (Å²) in [5, 5.41) is 9.93. The molecule has 2 rings (SSSR count). The van der Waals surface area contributed by atoms with Gasteiger partial charge in [0.2, 0.25) is 10.0 Å². The fraction of sp³-hybridized carbons (Fsp3) is 0.562. The molecule has 23 heavy (non-hydrogen) atoms. The van der Waals surface area contributed by atoms with Gasteiger partial charge in [-0.15, -0.1) is 0 Å². The van der Waals surface area contributed by atoms with Crippen molar-refractivity contribution in [1.29, 1.82) is 0 Å². The number of aliphatic hydroxyl groups excluding tert-OH is 1. The first-order valence-electron chi connectivity index (χ1n) is 7.68. The van der Waals surface area contributed by atoms with Crippen LogP contribution in [0.3, 0.4) is 0 Å². The van der Waals surface area contributed by atoms with Crippen molar-refractivity contribution >= 4 is 16.0 Å². The molecular formula is C16H23NO5S. The molecule has 1 aliphatic heterocycles. The van der Waals surface area contributed by atoms with Gasteiger partial charge in [0.15, 0.2) is 0 Å². The summed E-state index contributed by atoms with van der Waals surface area (Å²) in [7, 11) is -2.53. The van der Waals surface area contributed by atoms with E-state index < -0.39 is 28.1 Å². The first-order valence-corrected chi connectivity index (χ1v) is 9.12. The predicted molar refractivity (Wildman–Crippen MR) is 85.7 cm³/mol. The number of benzene rings is 1. The molecule has 0 unspecified atom stereocenters. The molecule has 128 valence electrons. The summed E-state index contributed by atoms with van der Waals surface area (Å²) >= 11 is 0. The molecule has 0 amide bonds. The summed E-state index contributed by atoms with van der Waals surface area (Å²) in [6.45, 7) is 3.67. The highest BCUT2D eigenvalue weighted by molar-refractivity contribution is 7.89. The van der Waals surface area contributed by atoms with Gasteiger partial charge >= 0.3 is 5.97 Å². The third kappa shape index (κ3) is 3.57. The lowest BCUT2D eigenvalue weighted by Gasteiger charge is -2.36. The molecule has 1 heterocycles. The Morgan fingerprint density at radius 3 is 2.70 bits per heavy atom. The predicted octanol–water partition coefficient (Wildman–Crippen LogP) is 1.71. The lowest BCUT2D eigenvalue weighted by atomic mass is 10.0. The fourth-order valence-corrected chi connectivity index (χ4v) is 4.97. The first kappa shape index (κ1) is 17.9. The second-order valence-corrected chi connectivity index (χ2v) is 7.75. The molecule has 0 bridgehead atoms. The highest BCUT2D eigenvalue weighted by atomic mass is 32.2. The molecule has 1 aromatic rings. The lowest BCUT2D eigenvalue weighted by molar-refractivity contribution is 0.0600. The molecule has 7 heteroatoms. The molecule has 1 saturated heterocycles. The van der Waals surface area contributed by atoms with Gasteiger partial charge in [-0.3, -0.25) is 0 Å². The van der Waals surface area contributed by atoms with Gasteiger partial charge in [-0.2, -0.15) is 4.31 Å². The number of aliphatic hydroxyl groups is 1. The van der Waals surface area contributed by atoms with Crippen LogP contribution in [-0.4, -0.2) is 49.6 Å². The number of hydrogen-bond acceptors (Lipinski definition) is 5. The SMILES string of the molecule is COC(=O)c1ccc(C)c(S(=O)(=O)N2CCCC[C@@H]2[C@@H](C)O)c1. The van der Waals surface area contributed by atoms with Gasteiger partial charge < -0.3 is 9.84 Å². The van der Waals surface area contributed by atoms with Crippen LogP contribution in [0, 0.1) is 6.92 Å². The van der Waals surface area contributed by atoms with E-state index >= 15 is 0 Å². The van der Waals surface area contributed by atoms with Crippen LogP contribution in [0.4, 0.5) is 0 Å². The minimum absolute atomic E-state index is 0.0907. The number of rotatable bonds is 4. The van der Waals surface area contributed by atoms with Crippen molar-refractivity contribution in [3.05, 3.63) is 29.3 Å². The van der Waals surface area contributed by atoms with Crippen molar-refractivity contribution in [3.63, 3.8) is 0 Å². The van der Waals surface area contributed by atoms with E-state index in [2.05, 4.69) is 4.74 Å². The van der Waals surface area contributed by atoms with E-state index in [4.69, 9.17) is 0 Å². The molecule has 0 radical (unpaired) electrons. The lowest BCUT2D eigenvalue weighted by Crippen LogP contribution is -2.48. The van der Waals surface area contributed by atoms with Crippen molar-refractivity contribution in [2.45, 2.75) is 50.2 Å². The summed E-state index contributed by atoms with van der Waals surface area (Å²) in [5.74, 6) is -0.577. The Hall–Kier alpha value is -1.44. The number of hydrogen-bond donors (Lipinski definition) is 1. The minimum Gasteiger partial charge on any atom is -0.465 e. The molecule has 0 spiro atoms. The van der Waals surface area contributed by atoms with Gasteiger partial charge in [0.25, 0.3) is 0 Å². The van der Waals surface area contributed by atoms with Crippen molar-refractivity contribution in [2.24, 2.45) is 0 Å². The molecule has 1 aromatic carbocycles. The second kappa shape index (κ2) is 6.98. The molecule has 6 nitrogen and oxygen atoms in total. The van der Waals surface area contributed by atoms with Crippen LogP contribution in [0.2, 0.25) is 0 Å². The summed E-state index contributed by atoms with van der Waals surface area (Å²) < 4.78 is 32.1. The molecule has 2 atom stereocenters. The van der Waals surface area contributed by atoms with E-state index in [0.717, 1.165) is 12.8 Å². The van der Waals surface area contributed by atoms with Crippen molar-refractivity contribution < 1.29 is 23.1 Å². The van der Waals surface area contributed by atoms with E-state index in [9.17, 15) is 18.3 Å². The molecule has 1 fully saturated rings. The van der Waals surface area contributed by atoms with Gasteiger partial charge in [-0.05, 0) is 44.4 Å². The van der Waals surface area contributed by atoms with Gasteiger partial charge in [0.1, 0.15) is 0 Å². The van der Waals surface area contributed by atoms with E-state index in [-0.39, 0.29) is 10.5 Å². The van der Waals surface area contributed by atoms with Crippen LogP contribution in [-0.2, 0) is 14.8 Å². The highest BCUT2D eigenvalue weighted by Gasteiger charge is 2.36.